The highest BCUT2D eigenvalue weighted by atomic mass is 16.1. The van der Waals surface area contributed by atoms with Crippen LogP contribution in [0.2, 0.25) is 0 Å². The Morgan fingerprint density at radius 3 is 2.86 bits per heavy atom. The number of carbonyl (C=O) groups is 1. The molecule has 1 N–H and O–H groups in total. The fraction of sp³-hybridized carbons (Fsp3) is 0.273. The largest absolute Gasteiger partial charge is 0.349 e. The van der Waals surface area contributed by atoms with Gasteiger partial charge in [0.05, 0.1) is 0 Å². The molecular weight excluding hydrogens is 176 g/mol. The van der Waals surface area contributed by atoms with Gasteiger partial charge in [0.15, 0.2) is 0 Å². The smallest absolute Gasteiger partial charge is 0.251 e. The molecule has 0 aliphatic carbocycles. The highest BCUT2D eigenvalue weighted by Crippen LogP contribution is 1.97. The van der Waals surface area contributed by atoms with Crippen LogP contribution in [0.15, 0.2) is 24.5 Å². The first-order valence-corrected chi connectivity index (χ1v) is 4.38. The van der Waals surface area contributed by atoms with E-state index in [-0.39, 0.29) is 11.9 Å². The van der Waals surface area contributed by atoms with E-state index in [2.05, 4.69) is 16.2 Å². The minimum absolute atomic E-state index is 0.000616. The van der Waals surface area contributed by atoms with E-state index < -0.39 is 0 Å². The van der Waals surface area contributed by atoms with Crippen LogP contribution in [0, 0.1) is 12.3 Å². The zero-order valence-corrected chi connectivity index (χ0v) is 8.03. The van der Waals surface area contributed by atoms with E-state index in [1.54, 1.807) is 24.5 Å². The van der Waals surface area contributed by atoms with Gasteiger partial charge in [0.2, 0.25) is 0 Å². The number of rotatable bonds is 3. The van der Waals surface area contributed by atoms with Gasteiger partial charge < -0.3 is 5.32 Å². The van der Waals surface area contributed by atoms with Crippen LogP contribution in [0.4, 0.5) is 0 Å². The number of nitrogens with one attached hydrogen (secondary N) is 1. The third-order valence-corrected chi connectivity index (χ3v) is 1.74. The minimum atomic E-state index is -0.116. The Labute approximate surface area is 83.6 Å². The maximum atomic E-state index is 11.5. The van der Waals surface area contributed by atoms with Crippen LogP contribution in [0.25, 0.3) is 0 Å². The zero-order chi connectivity index (χ0) is 10.4. The topological polar surface area (TPSA) is 42.0 Å². The lowest BCUT2D eigenvalue weighted by molar-refractivity contribution is 0.0941. The molecule has 0 fully saturated rings. The average molecular weight is 188 g/mol. The van der Waals surface area contributed by atoms with Crippen molar-refractivity contribution in [3.8, 4) is 12.3 Å². The van der Waals surface area contributed by atoms with Gasteiger partial charge in [0.25, 0.3) is 5.91 Å². The van der Waals surface area contributed by atoms with Crippen molar-refractivity contribution in [3.63, 3.8) is 0 Å². The predicted octanol–water partition coefficient (Wildman–Crippen LogP) is 1.22. The molecule has 1 rings (SSSR count). The normalized spacial score (nSPS) is 11.4. The molecule has 0 aliphatic heterocycles. The number of carbonyl (C=O) groups excluding carboxylic acids is 1. The zero-order valence-electron chi connectivity index (χ0n) is 8.03. The van der Waals surface area contributed by atoms with Crippen molar-refractivity contribution in [3.05, 3.63) is 30.1 Å². The molecule has 3 heteroatoms. The summed E-state index contributed by atoms with van der Waals surface area (Å²) in [6.07, 6.45) is 8.84. The molecule has 1 heterocycles. The highest BCUT2D eigenvalue weighted by Gasteiger charge is 2.07. The lowest BCUT2D eigenvalue weighted by Gasteiger charge is -2.10. The lowest BCUT2D eigenvalue weighted by Crippen LogP contribution is -2.32. The van der Waals surface area contributed by atoms with E-state index in [1.165, 1.54) is 0 Å². The van der Waals surface area contributed by atoms with Gasteiger partial charge in [0, 0.05) is 30.4 Å². The van der Waals surface area contributed by atoms with Crippen molar-refractivity contribution >= 4 is 5.91 Å². The van der Waals surface area contributed by atoms with Gasteiger partial charge >= 0.3 is 0 Å². The summed E-state index contributed by atoms with van der Waals surface area (Å²) in [4.78, 5) is 15.4. The van der Waals surface area contributed by atoms with Gasteiger partial charge in [-0.15, -0.1) is 12.3 Å². The number of terminal acetylenes is 1. The van der Waals surface area contributed by atoms with E-state index in [0.717, 1.165) is 0 Å². The summed E-state index contributed by atoms with van der Waals surface area (Å²) < 4.78 is 0. The van der Waals surface area contributed by atoms with Gasteiger partial charge in [-0.1, -0.05) is 0 Å². The Bertz CT molecular complexity index is 340. The summed E-state index contributed by atoms with van der Waals surface area (Å²) in [6.45, 7) is 1.87. The second-order valence-electron chi connectivity index (χ2n) is 3.02. The fourth-order valence-corrected chi connectivity index (χ4v) is 1.04. The molecule has 0 saturated carbocycles. The maximum absolute atomic E-state index is 11.5. The third kappa shape index (κ3) is 2.91. The van der Waals surface area contributed by atoms with Crippen LogP contribution in [0.3, 0.4) is 0 Å². The molecule has 0 aliphatic rings. The number of amides is 1. The first-order valence-electron chi connectivity index (χ1n) is 4.38. The van der Waals surface area contributed by atoms with Crippen LogP contribution in [-0.4, -0.2) is 16.9 Å². The summed E-state index contributed by atoms with van der Waals surface area (Å²) in [6, 6.07) is 3.33. The summed E-state index contributed by atoms with van der Waals surface area (Å²) in [7, 11) is 0. The first-order chi connectivity index (χ1) is 6.74. The Morgan fingerprint density at radius 1 is 1.64 bits per heavy atom. The molecule has 72 valence electrons. The van der Waals surface area contributed by atoms with Crippen molar-refractivity contribution < 1.29 is 4.79 Å². The summed E-state index contributed by atoms with van der Waals surface area (Å²) in [5.74, 6) is 2.38. The quantitative estimate of drug-likeness (QED) is 0.725. The van der Waals surface area contributed by atoms with Crippen LogP contribution >= 0.6 is 0 Å². The summed E-state index contributed by atoms with van der Waals surface area (Å²) in [5, 5.41) is 2.79. The molecule has 1 aromatic heterocycles. The van der Waals surface area contributed by atoms with E-state index in [4.69, 9.17) is 6.42 Å². The molecule has 0 aromatic carbocycles. The number of nitrogens with zero attached hydrogens (tertiary/aromatic N) is 1. The van der Waals surface area contributed by atoms with Crippen molar-refractivity contribution in [1.82, 2.24) is 10.3 Å². The Hall–Kier alpha value is -1.82. The van der Waals surface area contributed by atoms with Gasteiger partial charge in [-0.2, -0.15) is 0 Å². The Kier molecular flexibility index (Phi) is 3.69. The predicted molar refractivity (Wildman–Crippen MR) is 54.6 cm³/mol. The molecule has 14 heavy (non-hydrogen) atoms. The van der Waals surface area contributed by atoms with Crippen LogP contribution < -0.4 is 5.32 Å². The van der Waals surface area contributed by atoms with Gasteiger partial charge in [-0.25, -0.2) is 0 Å². The molecule has 0 saturated heterocycles. The van der Waals surface area contributed by atoms with Crippen molar-refractivity contribution in [1.29, 1.82) is 0 Å². The van der Waals surface area contributed by atoms with Crippen molar-refractivity contribution in [2.45, 2.75) is 19.4 Å². The molecule has 1 unspecified atom stereocenters. The minimum Gasteiger partial charge on any atom is -0.349 e. The summed E-state index contributed by atoms with van der Waals surface area (Å²) >= 11 is 0. The van der Waals surface area contributed by atoms with Crippen molar-refractivity contribution in [2.24, 2.45) is 0 Å². The van der Waals surface area contributed by atoms with Crippen LogP contribution in [0.5, 0.6) is 0 Å². The van der Waals surface area contributed by atoms with E-state index in [9.17, 15) is 4.79 Å². The summed E-state index contributed by atoms with van der Waals surface area (Å²) in [5.41, 5.74) is 0.601. The molecule has 0 spiro atoms. The molecule has 3 nitrogen and oxygen atoms in total. The molecule has 1 atom stereocenters. The average Bonchev–Trinajstić information content (AvgIpc) is 2.19. The van der Waals surface area contributed by atoms with E-state index in [1.807, 2.05) is 6.92 Å². The standard InChI is InChI=1S/C11H12N2O/c1-3-4-9(2)13-11(14)10-5-7-12-8-6-10/h1,5-9H,4H2,2H3,(H,13,14). The second kappa shape index (κ2) is 5.03. The monoisotopic (exact) mass is 188 g/mol. The maximum Gasteiger partial charge on any atom is 0.251 e. The number of pyridine rings is 1. The molecule has 1 aromatic rings. The highest BCUT2D eigenvalue weighted by molar-refractivity contribution is 5.94. The number of hydrogen-bond acceptors (Lipinski definition) is 2. The Morgan fingerprint density at radius 2 is 2.29 bits per heavy atom. The number of aromatic nitrogens is 1. The van der Waals surface area contributed by atoms with Gasteiger partial charge in [-0.05, 0) is 19.1 Å². The molecule has 0 radical (unpaired) electrons. The molecule has 1 amide bonds. The van der Waals surface area contributed by atoms with E-state index in [0.29, 0.717) is 12.0 Å². The fourth-order valence-electron chi connectivity index (χ4n) is 1.04. The van der Waals surface area contributed by atoms with Gasteiger partial charge in [0.1, 0.15) is 0 Å². The van der Waals surface area contributed by atoms with Crippen LogP contribution in [0.1, 0.15) is 23.7 Å². The van der Waals surface area contributed by atoms with Crippen LogP contribution in [-0.2, 0) is 0 Å². The lowest BCUT2D eigenvalue weighted by atomic mass is 10.2. The van der Waals surface area contributed by atoms with E-state index >= 15 is 0 Å². The van der Waals surface area contributed by atoms with Crippen molar-refractivity contribution in [2.75, 3.05) is 0 Å². The molecular formula is C11H12N2O. The number of hydrogen-bond donors (Lipinski definition) is 1. The first kappa shape index (κ1) is 10.3. The second-order valence-corrected chi connectivity index (χ2v) is 3.02. The van der Waals surface area contributed by atoms with Gasteiger partial charge in [-0.3, -0.25) is 9.78 Å². The molecule has 0 bridgehead atoms. The SMILES string of the molecule is C#CCC(C)NC(=O)c1ccncc1. The Balaban J connectivity index is 2.56. The third-order valence-electron chi connectivity index (χ3n) is 1.74.